The molecule has 7 rings (SSSR count). The monoisotopic (exact) mass is 482 g/mol. The van der Waals surface area contributed by atoms with Crippen molar-refractivity contribution >= 4 is 45.5 Å². The molecule has 178 valence electrons. The molecule has 0 fully saturated rings. The largest absolute Gasteiger partial charge is 0.0905 e. The summed E-state index contributed by atoms with van der Waals surface area (Å²) in [4.78, 5) is 0. The molecule has 0 N–H and O–H groups in total. The van der Waals surface area contributed by atoms with E-state index in [9.17, 15) is 0 Å². The van der Waals surface area contributed by atoms with Crippen molar-refractivity contribution in [3.63, 3.8) is 0 Å². The maximum Gasteiger partial charge on any atom is -0.00323 e. The molecule has 0 aromatic heterocycles. The second-order valence-electron chi connectivity index (χ2n) is 9.92. The first-order valence-corrected chi connectivity index (χ1v) is 13.0. The molecule has 0 radical (unpaired) electrons. The van der Waals surface area contributed by atoms with Crippen LogP contribution in [0.4, 0.5) is 0 Å². The van der Waals surface area contributed by atoms with Crippen molar-refractivity contribution in [3.05, 3.63) is 144 Å². The summed E-state index contributed by atoms with van der Waals surface area (Å²) in [6.45, 7) is 9.10. The van der Waals surface area contributed by atoms with Crippen molar-refractivity contribution in [3.8, 4) is 33.4 Å². The number of hydrogen-bond acceptors (Lipinski definition) is 0. The second-order valence-corrected chi connectivity index (χ2v) is 9.92. The van der Waals surface area contributed by atoms with Crippen LogP contribution in [0.15, 0.2) is 133 Å². The van der Waals surface area contributed by atoms with E-state index in [2.05, 4.69) is 147 Å². The molecule has 0 aliphatic heterocycles. The van der Waals surface area contributed by atoms with Crippen molar-refractivity contribution in [1.29, 1.82) is 0 Å². The number of hydrogen-bond donors (Lipinski definition) is 0. The zero-order valence-corrected chi connectivity index (χ0v) is 21.1. The fourth-order valence-corrected chi connectivity index (χ4v) is 5.84. The van der Waals surface area contributed by atoms with E-state index in [1.165, 1.54) is 49.0 Å². The van der Waals surface area contributed by atoms with Gasteiger partial charge in [-0.25, -0.2) is 0 Å². The quantitative estimate of drug-likeness (QED) is 0.236. The molecule has 0 spiro atoms. The smallest absolute Gasteiger partial charge is 0.00323 e. The predicted octanol–water partition coefficient (Wildman–Crippen LogP) is 8.97. The Kier molecular flexibility index (Phi) is 5.20. The Hall–Kier alpha value is -4.94. The van der Waals surface area contributed by atoms with Crippen LogP contribution < -0.4 is 10.4 Å². The van der Waals surface area contributed by atoms with Gasteiger partial charge >= 0.3 is 0 Å². The third kappa shape index (κ3) is 3.54. The van der Waals surface area contributed by atoms with Crippen LogP contribution in [0.2, 0.25) is 0 Å². The van der Waals surface area contributed by atoms with Gasteiger partial charge < -0.3 is 0 Å². The summed E-state index contributed by atoms with van der Waals surface area (Å²) in [5, 5.41) is 9.35. The van der Waals surface area contributed by atoms with Crippen molar-refractivity contribution in [2.45, 2.75) is 0 Å². The van der Waals surface area contributed by atoms with Crippen molar-refractivity contribution < 1.29 is 0 Å². The average Bonchev–Trinajstić information content (AvgIpc) is 2.98. The number of fused-ring (bicyclic) bond motifs is 3. The molecule has 0 amide bonds. The van der Waals surface area contributed by atoms with Crippen LogP contribution in [0.25, 0.3) is 78.9 Å². The lowest BCUT2D eigenvalue weighted by molar-refractivity contribution is 1.54. The highest BCUT2D eigenvalue weighted by atomic mass is 14.2. The molecule has 7 aromatic rings. The molecular weight excluding hydrogens is 456 g/mol. The Balaban J connectivity index is 1.41. The van der Waals surface area contributed by atoms with Crippen molar-refractivity contribution in [2.24, 2.45) is 0 Å². The highest BCUT2D eigenvalue weighted by Crippen LogP contribution is 2.34. The van der Waals surface area contributed by atoms with Gasteiger partial charge in [0.25, 0.3) is 0 Å². The van der Waals surface area contributed by atoms with Gasteiger partial charge in [0.2, 0.25) is 0 Å². The van der Waals surface area contributed by atoms with Gasteiger partial charge in [0.05, 0.1) is 0 Å². The molecular formula is C38H26. The van der Waals surface area contributed by atoms with Gasteiger partial charge in [0.1, 0.15) is 0 Å². The van der Waals surface area contributed by atoms with Gasteiger partial charge in [0.15, 0.2) is 0 Å². The van der Waals surface area contributed by atoms with Gasteiger partial charge in [-0.15, -0.1) is 0 Å². The Morgan fingerprint density at radius 3 is 1.55 bits per heavy atom. The van der Waals surface area contributed by atoms with E-state index in [1.54, 1.807) is 0 Å². The Morgan fingerprint density at radius 1 is 0.342 bits per heavy atom. The first kappa shape index (κ1) is 22.3. The zero-order valence-electron chi connectivity index (χ0n) is 21.1. The van der Waals surface area contributed by atoms with E-state index in [4.69, 9.17) is 0 Å². The van der Waals surface area contributed by atoms with Crippen LogP contribution in [-0.4, -0.2) is 0 Å². The van der Waals surface area contributed by atoms with Crippen LogP contribution in [0.5, 0.6) is 0 Å². The summed E-state index contributed by atoms with van der Waals surface area (Å²) in [5.41, 5.74) is 7.10. The minimum absolute atomic E-state index is 0.977. The lowest BCUT2D eigenvalue weighted by Gasteiger charge is -2.16. The van der Waals surface area contributed by atoms with E-state index >= 15 is 0 Å². The zero-order chi connectivity index (χ0) is 25.6. The van der Waals surface area contributed by atoms with Crippen LogP contribution in [0.3, 0.4) is 0 Å². The normalized spacial score (nSPS) is 11.4. The summed E-state index contributed by atoms with van der Waals surface area (Å²) in [6.07, 6.45) is 0. The number of benzene rings is 7. The molecule has 0 saturated carbocycles. The van der Waals surface area contributed by atoms with Crippen LogP contribution in [0, 0.1) is 0 Å². The lowest BCUT2D eigenvalue weighted by Crippen LogP contribution is -2.27. The molecule has 0 aliphatic carbocycles. The van der Waals surface area contributed by atoms with Gasteiger partial charge in [-0.1, -0.05) is 141 Å². The molecule has 0 heteroatoms. The molecule has 38 heavy (non-hydrogen) atoms. The van der Waals surface area contributed by atoms with E-state index in [0.717, 1.165) is 27.1 Å². The summed E-state index contributed by atoms with van der Waals surface area (Å²) >= 11 is 0. The van der Waals surface area contributed by atoms with Crippen molar-refractivity contribution in [2.75, 3.05) is 0 Å². The SMILES string of the molecule is C=c1c(-c2ccc(-c3cccc4ccccc34)cc2)c2ccccc2c(-c2ccc3ccccc3c2)c1=C. The van der Waals surface area contributed by atoms with Crippen LogP contribution >= 0.6 is 0 Å². The fraction of sp³-hybridized carbons (Fsp3) is 0. The fourth-order valence-electron chi connectivity index (χ4n) is 5.84. The molecule has 0 atom stereocenters. The third-order valence-electron chi connectivity index (χ3n) is 7.75. The average molecular weight is 483 g/mol. The van der Waals surface area contributed by atoms with Crippen LogP contribution in [-0.2, 0) is 0 Å². The summed E-state index contributed by atoms with van der Waals surface area (Å²) < 4.78 is 0. The molecule has 0 heterocycles. The van der Waals surface area contributed by atoms with Crippen LogP contribution in [0.1, 0.15) is 0 Å². The lowest BCUT2D eigenvalue weighted by atomic mass is 9.88. The summed E-state index contributed by atoms with van der Waals surface area (Å²) in [5.74, 6) is 0. The van der Waals surface area contributed by atoms with Gasteiger partial charge in [0, 0.05) is 0 Å². The van der Waals surface area contributed by atoms with Gasteiger partial charge in [-0.05, 0) is 82.2 Å². The minimum atomic E-state index is 0.977. The van der Waals surface area contributed by atoms with E-state index in [0.29, 0.717) is 0 Å². The Labute approximate surface area is 222 Å². The highest BCUT2D eigenvalue weighted by Gasteiger charge is 2.14. The number of rotatable bonds is 3. The molecule has 0 saturated heterocycles. The Morgan fingerprint density at radius 2 is 0.842 bits per heavy atom. The van der Waals surface area contributed by atoms with E-state index in [-0.39, 0.29) is 0 Å². The molecule has 0 aliphatic rings. The Bertz CT molecular complexity index is 2090. The second kappa shape index (κ2) is 8.87. The maximum atomic E-state index is 4.55. The topological polar surface area (TPSA) is 0 Å². The van der Waals surface area contributed by atoms with E-state index in [1.807, 2.05) is 0 Å². The first-order chi connectivity index (χ1) is 18.7. The van der Waals surface area contributed by atoms with Gasteiger partial charge in [-0.2, -0.15) is 0 Å². The molecule has 0 nitrogen and oxygen atoms in total. The van der Waals surface area contributed by atoms with E-state index < -0.39 is 0 Å². The van der Waals surface area contributed by atoms with Gasteiger partial charge in [-0.3, -0.25) is 0 Å². The maximum absolute atomic E-state index is 4.55. The highest BCUT2D eigenvalue weighted by molar-refractivity contribution is 6.06. The molecule has 0 unspecified atom stereocenters. The first-order valence-electron chi connectivity index (χ1n) is 13.0. The third-order valence-corrected chi connectivity index (χ3v) is 7.75. The minimum Gasteiger partial charge on any atom is -0.0905 e. The van der Waals surface area contributed by atoms with Crippen molar-refractivity contribution in [1.82, 2.24) is 0 Å². The predicted molar refractivity (Wildman–Crippen MR) is 166 cm³/mol. The summed E-state index contributed by atoms with van der Waals surface area (Å²) in [6, 6.07) is 47.8. The molecule has 0 bridgehead atoms. The standard InChI is InChI=1S/C38H26/c1-25-26(2)38(32-23-18-27-10-3-4-12-31(27)24-32)36-16-8-7-15-35(36)37(25)30-21-19-29(20-22-30)34-17-9-13-28-11-5-6-14-33(28)34/h3-24H,1-2H2. The summed E-state index contributed by atoms with van der Waals surface area (Å²) in [7, 11) is 0. The molecule has 7 aromatic carbocycles.